The molecule has 0 fully saturated rings. The Morgan fingerprint density at radius 2 is 1.86 bits per heavy atom. The first-order valence-electron chi connectivity index (χ1n) is 7.02. The molecule has 0 aliphatic heterocycles. The first-order chi connectivity index (χ1) is 10.5. The van der Waals surface area contributed by atoms with Gasteiger partial charge in [0.25, 0.3) is 0 Å². The number of aromatic carboxylic acids is 1. The molecule has 1 aromatic carbocycles. The highest BCUT2D eigenvalue weighted by Crippen LogP contribution is 2.23. The summed E-state index contributed by atoms with van der Waals surface area (Å²) < 4.78 is 0. The van der Waals surface area contributed by atoms with Crippen LogP contribution in [-0.2, 0) is 0 Å². The number of rotatable bonds is 6. The minimum absolute atomic E-state index is 0.0644. The molecule has 2 aromatic rings. The Bertz CT molecular complexity index is 614. The van der Waals surface area contributed by atoms with Crippen molar-refractivity contribution in [3.05, 3.63) is 54.0 Å². The lowest BCUT2D eigenvalue weighted by Gasteiger charge is -2.31. The third kappa shape index (κ3) is 3.79. The Hall–Kier alpha value is -2.47. The fourth-order valence-corrected chi connectivity index (χ4v) is 2.51. The third-order valence-corrected chi connectivity index (χ3v) is 3.42. The quantitative estimate of drug-likeness (QED) is 0.852. The van der Waals surface area contributed by atoms with Gasteiger partial charge in [0.05, 0.1) is 18.4 Å². The number of hydrogen-bond acceptors (Lipinski definition) is 5. The highest BCUT2D eigenvalue weighted by atomic mass is 16.4. The lowest BCUT2D eigenvalue weighted by atomic mass is 9.99. The van der Waals surface area contributed by atoms with Crippen LogP contribution in [0.3, 0.4) is 0 Å². The number of hydrogen-bond donors (Lipinski definition) is 2. The maximum atomic E-state index is 10.8. The van der Waals surface area contributed by atoms with Crippen molar-refractivity contribution in [1.29, 1.82) is 0 Å². The Morgan fingerprint density at radius 1 is 1.18 bits per heavy atom. The van der Waals surface area contributed by atoms with Crippen molar-refractivity contribution in [2.24, 2.45) is 0 Å². The largest absolute Gasteiger partial charge is 0.476 e. The molecule has 2 rings (SSSR count). The number of anilines is 1. The molecule has 22 heavy (non-hydrogen) atoms. The zero-order valence-corrected chi connectivity index (χ0v) is 12.9. The van der Waals surface area contributed by atoms with E-state index in [1.165, 1.54) is 18.0 Å². The molecular weight excluding hydrogens is 280 g/mol. The number of carbonyl (C=O) groups is 1. The Morgan fingerprint density at radius 3 is 2.36 bits per heavy atom. The summed E-state index contributed by atoms with van der Waals surface area (Å²) in [5.74, 6) is -0.525. The summed E-state index contributed by atoms with van der Waals surface area (Å²) in [6, 6.07) is 10.4. The average molecular weight is 300 g/mol. The van der Waals surface area contributed by atoms with Crippen LogP contribution in [0.4, 0.5) is 5.82 Å². The number of carboxylic acids is 1. The molecule has 2 atom stereocenters. The fraction of sp³-hybridized carbons (Fsp3) is 0.312. The molecule has 0 saturated heterocycles. The zero-order valence-electron chi connectivity index (χ0n) is 12.9. The number of carboxylic acid groups (broad SMARTS) is 1. The molecule has 2 N–H and O–H groups in total. The van der Waals surface area contributed by atoms with Gasteiger partial charge in [-0.2, -0.15) is 0 Å². The van der Waals surface area contributed by atoms with E-state index in [2.05, 4.69) is 39.2 Å². The van der Waals surface area contributed by atoms with Gasteiger partial charge in [-0.1, -0.05) is 30.3 Å². The molecule has 2 unspecified atom stereocenters. The molecular formula is C16H20N4O2. The molecule has 0 spiro atoms. The highest BCUT2D eigenvalue weighted by molar-refractivity contribution is 5.84. The summed E-state index contributed by atoms with van der Waals surface area (Å²) in [5.41, 5.74) is 1.13. The standard InChI is InChI=1S/C16H20N4O2/c1-11(15(20(2)3)12-7-5-4-6-8-12)19-14-10-17-13(9-18-14)16(21)22/h4-11,15H,1-3H3,(H,18,19)(H,21,22). The molecule has 1 heterocycles. The Kier molecular flexibility index (Phi) is 5.06. The number of nitrogens with one attached hydrogen (secondary N) is 1. The molecule has 0 amide bonds. The lowest BCUT2D eigenvalue weighted by Crippen LogP contribution is -2.34. The summed E-state index contributed by atoms with van der Waals surface area (Å²) in [5, 5.41) is 12.1. The lowest BCUT2D eigenvalue weighted by molar-refractivity contribution is 0.0690. The normalized spacial score (nSPS) is 13.6. The average Bonchev–Trinajstić information content (AvgIpc) is 2.48. The van der Waals surface area contributed by atoms with Gasteiger partial charge >= 0.3 is 5.97 Å². The van der Waals surface area contributed by atoms with Gasteiger partial charge in [-0.05, 0) is 26.6 Å². The smallest absolute Gasteiger partial charge is 0.356 e. The van der Waals surface area contributed by atoms with E-state index in [0.717, 1.165) is 0 Å². The van der Waals surface area contributed by atoms with Gasteiger partial charge in [-0.3, -0.25) is 0 Å². The topological polar surface area (TPSA) is 78.3 Å². The first kappa shape index (κ1) is 15.9. The van der Waals surface area contributed by atoms with Crippen LogP contribution in [0.1, 0.15) is 29.0 Å². The molecule has 6 heteroatoms. The van der Waals surface area contributed by atoms with E-state index in [0.29, 0.717) is 5.82 Å². The Labute approximate surface area is 129 Å². The first-order valence-corrected chi connectivity index (χ1v) is 7.02. The second kappa shape index (κ2) is 7.00. The van der Waals surface area contributed by atoms with E-state index in [9.17, 15) is 4.79 Å². The van der Waals surface area contributed by atoms with Crippen molar-refractivity contribution in [1.82, 2.24) is 14.9 Å². The van der Waals surface area contributed by atoms with Crippen LogP contribution in [0.2, 0.25) is 0 Å². The molecule has 0 bridgehead atoms. The van der Waals surface area contributed by atoms with Crippen LogP contribution in [0.25, 0.3) is 0 Å². The second-order valence-corrected chi connectivity index (χ2v) is 5.34. The fourth-order valence-electron chi connectivity index (χ4n) is 2.51. The Balaban J connectivity index is 2.14. The highest BCUT2D eigenvalue weighted by Gasteiger charge is 2.21. The van der Waals surface area contributed by atoms with Gasteiger partial charge in [-0.15, -0.1) is 0 Å². The number of nitrogens with zero attached hydrogens (tertiary/aromatic N) is 3. The van der Waals surface area contributed by atoms with Crippen LogP contribution >= 0.6 is 0 Å². The van der Waals surface area contributed by atoms with Gasteiger partial charge < -0.3 is 15.3 Å². The maximum Gasteiger partial charge on any atom is 0.356 e. The van der Waals surface area contributed by atoms with Crippen LogP contribution in [0.15, 0.2) is 42.7 Å². The summed E-state index contributed by atoms with van der Waals surface area (Å²) in [7, 11) is 4.05. The van der Waals surface area contributed by atoms with E-state index >= 15 is 0 Å². The zero-order chi connectivity index (χ0) is 16.1. The van der Waals surface area contributed by atoms with E-state index in [4.69, 9.17) is 5.11 Å². The van der Waals surface area contributed by atoms with E-state index < -0.39 is 5.97 Å². The predicted molar refractivity (Wildman–Crippen MR) is 84.9 cm³/mol. The van der Waals surface area contributed by atoms with Gasteiger partial charge in [-0.25, -0.2) is 14.8 Å². The van der Waals surface area contributed by atoms with E-state index in [-0.39, 0.29) is 17.8 Å². The molecule has 6 nitrogen and oxygen atoms in total. The second-order valence-electron chi connectivity index (χ2n) is 5.34. The molecule has 1 aromatic heterocycles. The molecule has 0 aliphatic carbocycles. The van der Waals surface area contributed by atoms with Crippen LogP contribution in [-0.4, -0.2) is 46.1 Å². The minimum Gasteiger partial charge on any atom is -0.476 e. The van der Waals surface area contributed by atoms with Crippen molar-refractivity contribution in [3.8, 4) is 0 Å². The van der Waals surface area contributed by atoms with Crippen molar-refractivity contribution in [2.75, 3.05) is 19.4 Å². The summed E-state index contributed by atoms with van der Waals surface area (Å²) >= 11 is 0. The number of benzene rings is 1. The van der Waals surface area contributed by atoms with Crippen molar-refractivity contribution >= 4 is 11.8 Å². The van der Waals surface area contributed by atoms with Crippen LogP contribution in [0, 0.1) is 0 Å². The maximum absolute atomic E-state index is 10.8. The van der Waals surface area contributed by atoms with E-state index in [1.54, 1.807) is 0 Å². The van der Waals surface area contributed by atoms with Crippen LogP contribution < -0.4 is 5.32 Å². The van der Waals surface area contributed by atoms with Gasteiger partial charge in [0.15, 0.2) is 5.69 Å². The number of aromatic nitrogens is 2. The van der Waals surface area contributed by atoms with Crippen molar-refractivity contribution < 1.29 is 9.90 Å². The SMILES string of the molecule is CC(Nc1cnc(C(=O)O)cn1)C(c1ccccc1)N(C)C. The van der Waals surface area contributed by atoms with Gasteiger partial charge in [0.2, 0.25) is 0 Å². The molecule has 116 valence electrons. The van der Waals surface area contributed by atoms with E-state index in [1.807, 2.05) is 32.3 Å². The van der Waals surface area contributed by atoms with Crippen LogP contribution in [0.5, 0.6) is 0 Å². The molecule has 0 aliphatic rings. The predicted octanol–water partition coefficient (Wildman–Crippen LogP) is 2.28. The van der Waals surface area contributed by atoms with Gasteiger partial charge in [0, 0.05) is 6.04 Å². The summed E-state index contributed by atoms with van der Waals surface area (Å²) in [6.45, 7) is 2.06. The summed E-state index contributed by atoms with van der Waals surface area (Å²) in [4.78, 5) is 20.9. The third-order valence-electron chi connectivity index (χ3n) is 3.42. The number of likely N-dealkylation sites (N-methyl/N-ethyl adjacent to an activating group) is 1. The minimum atomic E-state index is -1.08. The molecule has 0 radical (unpaired) electrons. The molecule has 0 saturated carbocycles. The van der Waals surface area contributed by atoms with Crippen molar-refractivity contribution in [3.63, 3.8) is 0 Å². The monoisotopic (exact) mass is 300 g/mol. The van der Waals surface area contributed by atoms with Gasteiger partial charge in [0.1, 0.15) is 5.82 Å². The van der Waals surface area contributed by atoms with Crippen molar-refractivity contribution in [2.45, 2.75) is 19.0 Å². The summed E-state index contributed by atoms with van der Waals surface area (Å²) in [6.07, 6.45) is 2.70.